The molecule has 0 spiro atoms. The number of H-pyrrole nitrogens is 1. The summed E-state index contributed by atoms with van der Waals surface area (Å²) < 4.78 is 5.04. The van der Waals surface area contributed by atoms with Gasteiger partial charge in [0.2, 0.25) is 5.88 Å². The Labute approximate surface area is 94.0 Å². The molecule has 0 unspecified atom stereocenters. The van der Waals surface area contributed by atoms with E-state index in [0.717, 1.165) is 11.3 Å². The van der Waals surface area contributed by atoms with Crippen molar-refractivity contribution in [2.45, 2.75) is 25.8 Å². The molecule has 0 aliphatic heterocycles. The first-order chi connectivity index (χ1) is 7.48. The van der Waals surface area contributed by atoms with Crippen molar-refractivity contribution in [1.82, 2.24) is 15.0 Å². The van der Waals surface area contributed by atoms with E-state index >= 15 is 0 Å². The van der Waals surface area contributed by atoms with Gasteiger partial charge in [-0.2, -0.15) is 4.98 Å². The Morgan fingerprint density at radius 1 is 1.38 bits per heavy atom. The van der Waals surface area contributed by atoms with Crippen molar-refractivity contribution in [3.63, 3.8) is 0 Å². The number of rotatable bonds is 3. The molecule has 5 heteroatoms. The predicted octanol–water partition coefficient (Wildman–Crippen LogP) is 1.25. The van der Waals surface area contributed by atoms with Crippen LogP contribution in [0.2, 0.25) is 0 Å². The Balaban J connectivity index is 2.36. The highest BCUT2D eigenvalue weighted by atomic mass is 16.5. The summed E-state index contributed by atoms with van der Waals surface area (Å²) in [5.74, 6) is 1.42. The van der Waals surface area contributed by atoms with Crippen LogP contribution < -0.4 is 10.5 Å². The highest BCUT2D eigenvalue weighted by Crippen LogP contribution is 2.16. The molecule has 0 aromatic carbocycles. The molecule has 16 heavy (non-hydrogen) atoms. The lowest BCUT2D eigenvalue weighted by molar-refractivity contribution is 0.399. The summed E-state index contributed by atoms with van der Waals surface area (Å²) in [7, 11) is 1.59. The van der Waals surface area contributed by atoms with Crippen molar-refractivity contribution in [3.8, 4) is 5.88 Å². The molecule has 5 nitrogen and oxygen atoms in total. The minimum absolute atomic E-state index is 0.280. The molecule has 0 amide bonds. The normalized spacial score (nSPS) is 12.0. The second-order valence-electron chi connectivity index (χ2n) is 4.57. The molecule has 2 rings (SSSR count). The maximum absolute atomic E-state index is 5.94. The summed E-state index contributed by atoms with van der Waals surface area (Å²) >= 11 is 0. The molecule has 0 aliphatic carbocycles. The standard InChI is InChI=1S/C11H16N4O/c1-11(2,12)6-8-13-7-4-5-9(16-3)15-10(7)14-8/h4-5H,6,12H2,1-3H3,(H,13,14,15). The zero-order chi connectivity index (χ0) is 11.8. The van der Waals surface area contributed by atoms with Gasteiger partial charge < -0.3 is 15.5 Å². The summed E-state index contributed by atoms with van der Waals surface area (Å²) in [4.78, 5) is 11.8. The first-order valence-corrected chi connectivity index (χ1v) is 5.16. The van der Waals surface area contributed by atoms with Gasteiger partial charge in [-0.3, -0.25) is 0 Å². The van der Waals surface area contributed by atoms with Crippen LogP contribution in [0.25, 0.3) is 11.2 Å². The van der Waals surface area contributed by atoms with Crippen LogP contribution >= 0.6 is 0 Å². The number of aromatic nitrogens is 3. The highest BCUT2D eigenvalue weighted by molar-refractivity contribution is 5.71. The Morgan fingerprint density at radius 2 is 2.12 bits per heavy atom. The summed E-state index contributed by atoms with van der Waals surface area (Å²) in [6.45, 7) is 3.93. The van der Waals surface area contributed by atoms with E-state index in [2.05, 4.69) is 15.0 Å². The van der Waals surface area contributed by atoms with Gasteiger partial charge >= 0.3 is 0 Å². The van der Waals surface area contributed by atoms with E-state index in [9.17, 15) is 0 Å². The number of methoxy groups -OCH3 is 1. The average Bonchev–Trinajstić information content (AvgIpc) is 2.55. The molecule has 0 bridgehead atoms. The van der Waals surface area contributed by atoms with Crippen molar-refractivity contribution >= 4 is 11.2 Å². The van der Waals surface area contributed by atoms with Crippen molar-refractivity contribution in [2.75, 3.05) is 7.11 Å². The monoisotopic (exact) mass is 220 g/mol. The number of nitrogens with two attached hydrogens (primary N) is 1. The number of nitrogens with zero attached hydrogens (tertiary/aromatic N) is 2. The molecule has 0 radical (unpaired) electrons. The smallest absolute Gasteiger partial charge is 0.215 e. The van der Waals surface area contributed by atoms with Gasteiger partial charge in [-0.15, -0.1) is 0 Å². The highest BCUT2D eigenvalue weighted by Gasteiger charge is 2.15. The second-order valence-corrected chi connectivity index (χ2v) is 4.57. The van der Waals surface area contributed by atoms with E-state index in [1.807, 2.05) is 19.9 Å². The number of hydrogen-bond acceptors (Lipinski definition) is 4. The molecule has 0 aliphatic rings. The molecule has 0 atom stereocenters. The maximum atomic E-state index is 5.94. The van der Waals surface area contributed by atoms with Crippen molar-refractivity contribution < 1.29 is 4.74 Å². The van der Waals surface area contributed by atoms with Crippen molar-refractivity contribution in [3.05, 3.63) is 18.0 Å². The number of ether oxygens (including phenoxy) is 1. The third-order valence-electron chi connectivity index (χ3n) is 2.20. The topological polar surface area (TPSA) is 76.8 Å². The molecule has 2 heterocycles. The molecule has 2 aromatic heterocycles. The third kappa shape index (κ3) is 2.30. The quantitative estimate of drug-likeness (QED) is 0.816. The van der Waals surface area contributed by atoms with Gasteiger partial charge in [0.25, 0.3) is 0 Å². The molecular formula is C11H16N4O. The SMILES string of the molecule is COc1ccc2[nH]c(CC(C)(C)N)nc2n1. The zero-order valence-electron chi connectivity index (χ0n) is 9.74. The largest absolute Gasteiger partial charge is 0.481 e. The fourth-order valence-electron chi connectivity index (χ4n) is 1.55. The lowest BCUT2D eigenvalue weighted by Crippen LogP contribution is -2.34. The summed E-state index contributed by atoms with van der Waals surface area (Å²) in [5, 5.41) is 0. The second kappa shape index (κ2) is 3.75. The molecule has 0 fully saturated rings. The number of nitrogens with one attached hydrogen (secondary N) is 1. The van der Waals surface area contributed by atoms with E-state index in [1.54, 1.807) is 13.2 Å². The van der Waals surface area contributed by atoms with Crippen LogP contribution in [0.4, 0.5) is 0 Å². The van der Waals surface area contributed by atoms with Gasteiger partial charge in [-0.05, 0) is 19.9 Å². The van der Waals surface area contributed by atoms with Crippen LogP contribution in [0.1, 0.15) is 19.7 Å². The zero-order valence-corrected chi connectivity index (χ0v) is 9.74. The van der Waals surface area contributed by atoms with Crippen LogP contribution in [-0.2, 0) is 6.42 Å². The fraction of sp³-hybridized carbons (Fsp3) is 0.455. The van der Waals surface area contributed by atoms with Gasteiger partial charge in [-0.1, -0.05) is 0 Å². The maximum Gasteiger partial charge on any atom is 0.215 e. The Bertz CT molecular complexity index is 498. The molecular weight excluding hydrogens is 204 g/mol. The third-order valence-corrected chi connectivity index (χ3v) is 2.20. The van der Waals surface area contributed by atoms with E-state index in [1.165, 1.54) is 0 Å². The van der Waals surface area contributed by atoms with Gasteiger partial charge in [0.05, 0.1) is 12.6 Å². The van der Waals surface area contributed by atoms with Gasteiger partial charge in [0, 0.05) is 18.0 Å². The fourth-order valence-corrected chi connectivity index (χ4v) is 1.55. The first-order valence-electron chi connectivity index (χ1n) is 5.16. The number of pyridine rings is 1. The molecule has 0 saturated carbocycles. The van der Waals surface area contributed by atoms with E-state index in [4.69, 9.17) is 10.5 Å². The van der Waals surface area contributed by atoms with Crippen LogP contribution in [0.5, 0.6) is 5.88 Å². The summed E-state index contributed by atoms with van der Waals surface area (Å²) in [5.41, 5.74) is 7.23. The lowest BCUT2D eigenvalue weighted by atomic mass is 10.0. The number of fused-ring (bicyclic) bond motifs is 1. The summed E-state index contributed by atoms with van der Waals surface area (Å²) in [6, 6.07) is 3.71. The predicted molar refractivity (Wildman–Crippen MR) is 62.4 cm³/mol. The number of aromatic amines is 1. The van der Waals surface area contributed by atoms with Gasteiger partial charge in [0.15, 0.2) is 5.65 Å². The van der Waals surface area contributed by atoms with E-state index in [-0.39, 0.29) is 5.54 Å². The van der Waals surface area contributed by atoms with Gasteiger partial charge in [0.1, 0.15) is 5.82 Å². The molecule has 0 saturated heterocycles. The lowest BCUT2D eigenvalue weighted by Gasteiger charge is -2.15. The van der Waals surface area contributed by atoms with Crippen LogP contribution in [0.15, 0.2) is 12.1 Å². The Morgan fingerprint density at radius 3 is 2.75 bits per heavy atom. The molecule has 2 aromatic rings. The minimum Gasteiger partial charge on any atom is -0.481 e. The summed E-state index contributed by atoms with van der Waals surface area (Å²) in [6.07, 6.45) is 0.686. The number of imidazole rings is 1. The minimum atomic E-state index is -0.280. The number of hydrogen-bond donors (Lipinski definition) is 2. The van der Waals surface area contributed by atoms with Gasteiger partial charge in [-0.25, -0.2) is 4.98 Å². The Kier molecular flexibility index (Phi) is 2.55. The van der Waals surface area contributed by atoms with E-state index in [0.29, 0.717) is 17.9 Å². The van der Waals surface area contributed by atoms with Crippen molar-refractivity contribution in [2.24, 2.45) is 5.73 Å². The molecule has 3 N–H and O–H groups in total. The van der Waals surface area contributed by atoms with Crippen LogP contribution in [-0.4, -0.2) is 27.6 Å². The Hall–Kier alpha value is -1.62. The van der Waals surface area contributed by atoms with Crippen LogP contribution in [0.3, 0.4) is 0 Å². The van der Waals surface area contributed by atoms with Crippen molar-refractivity contribution in [1.29, 1.82) is 0 Å². The molecule has 86 valence electrons. The first kappa shape index (κ1) is 10.9. The average molecular weight is 220 g/mol. The van der Waals surface area contributed by atoms with Crippen LogP contribution in [0, 0.1) is 0 Å². The van der Waals surface area contributed by atoms with E-state index < -0.39 is 0 Å².